The van der Waals surface area contributed by atoms with Crippen molar-refractivity contribution in [3.05, 3.63) is 35.1 Å². The van der Waals surface area contributed by atoms with Gasteiger partial charge in [-0.05, 0) is 27.8 Å². The largest absolute Gasteiger partial charge is 0.334 e. The van der Waals surface area contributed by atoms with Crippen LogP contribution >= 0.6 is 11.3 Å². The van der Waals surface area contributed by atoms with Crippen LogP contribution in [0.5, 0.6) is 0 Å². The van der Waals surface area contributed by atoms with E-state index in [0.717, 1.165) is 16.3 Å². The van der Waals surface area contributed by atoms with Crippen LogP contribution in [0.2, 0.25) is 0 Å². The molecule has 0 aromatic carbocycles. The van der Waals surface area contributed by atoms with Gasteiger partial charge in [-0.3, -0.25) is 19.4 Å². The predicted octanol–water partition coefficient (Wildman–Crippen LogP) is 1.84. The number of fused-ring (bicyclic) bond motifs is 1. The van der Waals surface area contributed by atoms with Crippen molar-refractivity contribution in [1.29, 1.82) is 0 Å². The van der Waals surface area contributed by atoms with Gasteiger partial charge in [0.15, 0.2) is 4.96 Å². The summed E-state index contributed by atoms with van der Waals surface area (Å²) in [6.07, 6.45) is 3.60. The highest BCUT2D eigenvalue weighted by Gasteiger charge is 2.22. The van der Waals surface area contributed by atoms with Gasteiger partial charge in [0.05, 0.1) is 17.4 Å². The third-order valence-corrected chi connectivity index (χ3v) is 4.72. The molecule has 130 valence electrons. The summed E-state index contributed by atoms with van der Waals surface area (Å²) >= 11 is 1.64. The Morgan fingerprint density at radius 3 is 2.88 bits per heavy atom. The third-order valence-electron chi connectivity index (χ3n) is 3.82. The lowest BCUT2D eigenvalue weighted by Crippen LogP contribution is -2.48. The van der Waals surface area contributed by atoms with Gasteiger partial charge in [0.25, 0.3) is 0 Å². The van der Waals surface area contributed by atoms with Gasteiger partial charge >= 0.3 is 6.03 Å². The number of hydrogen-bond donors (Lipinski definition) is 2. The summed E-state index contributed by atoms with van der Waals surface area (Å²) in [5.41, 5.74) is 2.00. The molecule has 0 aliphatic carbocycles. The van der Waals surface area contributed by atoms with Gasteiger partial charge in [0, 0.05) is 24.2 Å². The fourth-order valence-corrected chi connectivity index (χ4v) is 3.19. The van der Waals surface area contributed by atoms with Gasteiger partial charge in [-0.1, -0.05) is 6.08 Å². The SMILES string of the molecule is C=CCNC(=O)NC(=O)C(C)N(C)Cc1c(C)nc2sc(C)cn12. The summed E-state index contributed by atoms with van der Waals surface area (Å²) in [6, 6.07) is -0.972. The first-order valence-electron chi connectivity index (χ1n) is 7.67. The molecule has 0 aliphatic heterocycles. The Balaban J connectivity index is 2.03. The topological polar surface area (TPSA) is 78.7 Å². The molecule has 24 heavy (non-hydrogen) atoms. The lowest BCUT2D eigenvalue weighted by atomic mass is 10.2. The molecule has 2 N–H and O–H groups in total. The molecule has 0 fully saturated rings. The first-order chi connectivity index (χ1) is 11.3. The zero-order chi connectivity index (χ0) is 17.9. The second kappa shape index (κ2) is 7.59. The number of carbonyl (C=O) groups is 2. The quantitative estimate of drug-likeness (QED) is 0.780. The van der Waals surface area contributed by atoms with Crippen molar-refractivity contribution in [2.45, 2.75) is 33.4 Å². The second-order valence-electron chi connectivity index (χ2n) is 5.72. The fraction of sp³-hybridized carbons (Fsp3) is 0.438. The maximum absolute atomic E-state index is 12.2. The number of imidazole rings is 1. The molecule has 0 radical (unpaired) electrons. The smallest absolute Gasteiger partial charge is 0.321 e. The normalized spacial score (nSPS) is 12.4. The predicted molar refractivity (Wildman–Crippen MR) is 95.2 cm³/mol. The van der Waals surface area contributed by atoms with Crippen LogP contribution in [0.15, 0.2) is 18.9 Å². The molecule has 3 amide bonds. The molecule has 2 heterocycles. The van der Waals surface area contributed by atoms with Gasteiger partial charge in [0.2, 0.25) is 5.91 Å². The first kappa shape index (κ1) is 18.2. The van der Waals surface area contributed by atoms with Crippen molar-refractivity contribution < 1.29 is 9.59 Å². The van der Waals surface area contributed by atoms with E-state index in [0.29, 0.717) is 13.1 Å². The lowest BCUT2D eigenvalue weighted by Gasteiger charge is -2.23. The number of aromatic nitrogens is 2. The molecule has 1 atom stereocenters. The van der Waals surface area contributed by atoms with Crippen LogP contribution in [0.1, 0.15) is 23.2 Å². The average molecular weight is 349 g/mol. The Bertz CT molecular complexity index is 764. The van der Waals surface area contributed by atoms with Crippen LogP contribution in [-0.2, 0) is 11.3 Å². The second-order valence-corrected chi connectivity index (χ2v) is 6.93. The molecule has 2 rings (SSSR count). The highest BCUT2D eigenvalue weighted by atomic mass is 32.1. The van der Waals surface area contributed by atoms with Crippen molar-refractivity contribution in [2.75, 3.05) is 13.6 Å². The van der Waals surface area contributed by atoms with Crippen molar-refractivity contribution in [2.24, 2.45) is 0 Å². The number of rotatable bonds is 6. The molecule has 0 spiro atoms. The highest BCUT2D eigenvalue weighted by molar-refractivity contribution is 7.17. The van der Waals surface area contributed by atoms with E-state index in [1.807, 2.05) is 25.8 Å². The van der Waals surface area contributed by atoms with Crippen molar-refractivity contribution >= 4 is 28.2 Å². The number of nitrogens with one attached hydrogen (secondary N) is 2. The Morgan fingerprint density at radius 2 is 2.21 bits per heavy atom. The number of imide groups is 1. The number of nitrogens with zero attached hydrogens (tertiary/aromatic N) is 3. The van der Waals surface area contributed by atoms with E-state index in [1.165, 1.54) is 4.88 Å². The molecule has 0 saturated heterocycles. The maximum atomic E-state index is 12.2. The minimum Gasteiger partial charge on any atom is -0.334 e. The van der Waals surface area contributed by atoms with Gasteiger partial charge in [-0.15, -0.1) is 17.9 Å². The summed E-state index contributed by atoms with van der Waals surface area (Å²) in [7, 11) is 1.85. The van der Waals surface area contributed by atoms with Crippen LogP contribution in [0, 0.1) is 13.8 Å². The van der Waals surface area contributed by atoms with E-state index in [-0.39, 0.29) is 5.91 Å². The highest BCUT2D eigenvalue weighted by Crippen LogP contribution is 2.21. The fourth-order valence-electron chi connectivity index (χ4n) is 2.30. The monoisotopic (exact) mass is 349 g/mol. The van der Waals surface area contributed by atoms with Crippen LogP contribution in [0.25, 0.3) is 4.96 Å². The molecular formula is C16H23N5O2S. The maximum Gasteiger partial charge on any atom is 0.321 e. The number of amides is 3. The molecule has 7 nitrogen and oxygen atoms in total. The van der Waals surface area contributed by atoms with Crippen LogP contribution in [-0.4, -0.2) is 45.9 Å². The number of urea groups is 1. The summed E-state index contributed by atoms with van der Waals surface area (Å²) < 4.78 is 2.06. The Labute approximate surface area is 145 Å². The standard InChI is InChI=1S/C16H23N5O2S/c1-6-7-17-15(23)19-14(22)12(4)20(5)9-13-11(3)18-16-21(13)8-10(2)24-16/h6,8,12H,1,7,9H2,2-5H3,(H2,17,19,22,23). The Hall–Kier alpha value is -2.19. The number of aryl methyl sites for hydroxylation is 2. The lowest BCUT2D eigenvalue weighted by molar-refractivity contribution is -0.124. The van der Waals surface area contributed by atoms with Crippen molar-refractivity contribution in [3.63, 3.8) is 0 Å². The summed E-state index contributed by atoms with van der Waals surface area (Å²) in [5.74, 6) is -0.348. The molecule has 0 saturated carbocycles. The Morgan fingerprint density at radius 1 is 1.50 bits per heavy atom. The van der Waals surface area contributed by atoms with Gasteiger partial charge < -0.3 is 5.32 Å². The van der Waals surface area contributed by atoms with Crippen LogP contribution in [0.3, 0.4) is 0 Å². The summed E-state index contributed by atoms with van der Waals surface area (Å²) in [6.45, 7) is 10.2. The molecule has 0 bridgehead atoms. The Kier molecular flexibility index (Phi) is 5.74. The van der Waals surface area contributed by atoms with E-state index < -0.39 is 12.1 Å². The number of carbonyl (C=O) groups excluding carboxylic acids is 2. The van der Waals surface area contributed by atoms with E-state index in [9.17, 15) is 9.59 Å². The summed E-state index contributed by atoms with van der Waals surface area (Å²) in [4.78, 5) is 32.3. The molecule has 1 unspecified atom stereocenters. The van der Waals surface area contributed by atoms with Crippen molar-refractivity contribution in [1.82, 2.24) is 24.9 Å². The molecule has 2 aromatic rings. The van der Waals surface area contributed by atoms with Crippen molar-refractivity contribution in [3.8, 4) is 0 Å². The minimum absolute atomic E-state index is 0.313. The van der Waals surface area contributed by atoms with Crippen LogP contribution < -0.4 is 10.6 Å². The zero-order valence-corrected chi connectivity index (χ0v) is 15.2. The average Bonchev–Trinajstić information content (AvgIpc) is 3.01. The summed E-state index contributed by atoms with van der Waals surface area (Å²) in [5, 5.41) is 4.85. The molecule has 8 heteroatoms. The molecule has 2 aromatic heterocycles. The van der Waals surface area contributed by atoms with Gasteiger partial charge in [-0.2, -0.15) is 0 Å². The number of hydrogen-bond acceptors (Lipinski definition) is 5. The molecular weight excluding hydrogens is 326 g/mol. The van der Waals surface area contributed by atoms with E-state index in [4.69, 9.17) is 0 Å². The van der Waals surface area contributed by atoms with E-state index in [2.05, 4.69) is 32.8 Å². The van der Waals surface area contributed by atoms with Gasteiger partial charge in [-0.25, -0.2) is 9.78 Å². The van der Waals surface area contributed by atoms with E-state index >= 15 is 0 Å². The zero-order valence-electron chi connectivity index (χ0n) is 14.4. The van der Waals surface area contributed by atoms with Gasteiger partial charge in [0.1, 0.15) is 0 Å². The first-order valence-corrected chi connectivity index (χ1v) is 8.49. The van der Waals surface area contributed by atoms with E-state index in [1.54, 1.807) is 24.3 Å². The number of thiazole rings is 1. The number of likely N-dealkylation sites (N-methyl/N-ethyl adjacent to an activating group) is 1. The minimum atomic E-state index is -0.517. The van der Waals surface area contributed by atoms with Crippen LogP contribution in [0.4, 0.5) is 4.79 Å². The third kappa shape index (κ3) is 4.01. The molecule has 0 aliphatic rings.